The second-order valence-electron chi connectivity index (χ2n) is 4.93. The Morgan fingerprint density at radius 3 is 2.62 bits per heavy atom. The molecule has 0 fully saturated rings. The number of carbonyl (C=O) groups is 1. The molecule has 2 aromatic carbocycles. The number of aromatic nitrogens is 2. The topological polar surface area (TPSA) is 48.6 Å². The Morgan fingerprint density at radius 1 is 0.952 bits per heavy atom. The summed E-state index contributed by atoms with van der Waals surface area (Å²) in [7, 11) is 0. The molecule has 21 heavy (non-hydrogen) atoms. The summed E-state index contributed by atoms with van der Waals surface area (Å²) in [6.07, 6.45) is 1.73. The Labute approximate surface area is 125 Å². The van der Waals surface area contributed by atoms with E-state index in [4.69, 9.17) is 11.6 Å². The molecule has 0 bridgehead atoms. The van der Waals surface area contributed by atoms with Crippen molar-refractivity contribution in [2.45, 2.75) is 0 Å². The van der Waals surface area contributed by atoms with E-state index in [-0.39, 0.29) is 5.78 Å². The van der Waals surface area contributed by atoms with Crippen molar-refractivity contribution in [3.05, 3.63) is 71.0 Å². The number of benzene rings is 2. The number of para-hydroxylation sites is 1. The Kier molecular flexibility index (Phi) is 2.62. The smallest absolute Gasteiger partial charge is 0.212 e. The summed E-state index contributed by atoms with van der Waals surface area (Å²) in [4.78, 5) is 18.9. The molecule has 0 radical (unpaired) electrons. The van der Waals surface area contributed by atoms with E-state index in [0.717, 1.165) is 21.8 Å². The number of hydrogen-bond donors (Lipinski definition) is 2. The molecule has 4 rings (SSSR count). The van der Waals surface area contributed by atoms with E-state index in [0.29, 0.717) is 16.3 Å². The van der Waals surface area contributed by atoms with Gasteiger partial charge in [-0.05, 0) is 24.3 Å². The van der Waals surface area contributed by atoms with Gasteiger partial charge in [-0.3, -0.25) is 4.79 Å². The van der Waals surface area contributed by atoms with Crippen LogP contribution in [0.1, 0.15) is 16.1 Å². The number of nitrogens with one attached hydrogen (secondary N) is 2. The van der Waals surface area contributed by atoms with Gasteiger partial charge in [-0.1, -0.05) is 35.9 Å². The Hall–Kier alpha value is -2.52. The molecule has 0 amide bonds. The summed E-state index contributed by atoms with van der Waals surface area (Å²) in [5.41, 5.74) is 2.81. The minimum absolute atomic E-state index is 0.109. The maximum absolute atomic E-state index is 12.7. The number of ketones is 1. The van der Waals surface area contributed by atoms with E-state index < -0.39 is 0 Å². The van der Waals surface area contributed by atoms with Crippen molar-refractivity contribution in [2.75, 3.05) is 0 Å². The lowest BCUT2D eigenvalue weighted by Gasteiger charge is -2.04. The zero-order valence-corrected chi connectivity index (χ0v) is 11.7. The minimum Gasteiger partial charge on any atom is -0.359 e. The van der Waals surface area contributed by atoms with Crippen LogP contribution in [-0.2, 0) is 0 Å². The van der Waals surface area contributed by atoms with Gasteiger partial charge in [-0.25, -0.2) is 0 Å². The van der Waals surface area contributed by atoms with Crippen molar-refractivity contribution in [1.82, 2.24) is 9.97 Å². The summed E-state index contributed by atoms with van der Waals surface area (Å²) >= 11 is 6.29. The van der Waals surface area contributed by atoms with E-state index in [1.165, 1.54) is 0 Å². The zero-order valence-electron chi connectivity index (χ0n) is 11.0. The van der Waals surface area contributed by atoms with Crippen LogP contribution in [0.15, 0.2) is 54.7 Å². The molecule has 0 saturated heterocycles. The molecule has 0 spiro atoms. The monoisotopic (exact) mass is 294 g/mol. The van der Waals surface area contributed by atoms with Gasteiger partial charge in [0.05, 0.1) is 21.8 Å². The number of aromatic amines is 2. The lowest BCUT2D eigenvalue weighted by Crippen LogP contribution is -2.03. The van der Waals surface area contributed by atoms with Crippen LogP contribution in [0, 0.1) is 0 Å². The van der Waals surface area contributed by atoms with Crippen LogP contribution in [-0.4, -0.2) is 15.8 Å². The summed E-state index contributed by atoms with van der Waals surface area (Å²) in [5.74, 6) is -0.109. The molecule has 2 N–H and O–H groups in total. The zero-order chi connectivity index (χ0) is 14.4. The highest BCUT2D eigenvalue weighted by Crippen LogP contribution is 2.32. The van der Waals surface area contributed by atoms with Gasteiger partial charge in [0, 0.05) is 22.5 Å². The molecule has 0 aliphatic heterocycles. The summed E-state index contributed by atoms with van der Waals surface area (Å²) in [6.45, 7) is 0. The summed E-state index contributed by atoms with van der Waals surface area (Å²) < 4.78 is 0. The molecule has 0 aliphatic rings. The number of H-pyrrole nitrogens is 2. The molecule has 2 aromatic heterocycles. The first-order valence-electron chi connectivity index (χ1n) is 6.63. The average molecular weight is 295 g/mol. The third-order valence-electron chi connectivity index (χ3n) is 3.70. The van der Waals surface area contributed by atoms with Crippen LogP contribution in [0.5, 0.6) is 0 Å². The van der Waals surface area contributed by atoms with Gasteiger partial charge in [-0.2, -0.15) is 0 Å². The lowest BCUT2D eigenvalue weighted by molar-refractivity contribution is 0.103. The van der Waals surface area contributed by atoms with Crippen LogP contribution >= 0.6 is 11.6 Å². The highest BCUT2D eigenvalue weighted by atomic mass is 35.5. The number of fused-ring (bicyclic) bond motifs is 3. The molecule has 102 valence electrons. The molecular formula is C17H11ClN2O. The average Bonchev–Trinajstić information content (AvgIpc) is 3.14. The predicted octanol–water partition coefficient (Wildman–Crippen LogP) is 4.53. The van der Waals surface area contributed by atoms with E-state index >= 15 is 0 Å². The number of rotatable bonds is 2. The van der Waals surface area contributed by atoms with Crippen molar-refractivity contribution in [1.29, 1.82) is 0 Å². The first-order valence-corrected chi connectivity index (χ1v) is 7.00. The number of halogens is 1. The standard InChI is InChI=1S/C17H11ClN2O/c18-12-8-7-11-10-4-1-2-5-13(10)20-16(11)15(12)17(21)14-6-3-9-19-14/h1-9,19-20H. The quantitative estimate of drug-likeness (QED) is 0.524. The minimum atomic E-state index is -0.109. The number of carbonyl (C=O) groups excluding carboxylic acids is 1. The van der Waals surface area contributed by atoms with Crippen molar-refractivity contribution < 1.29 is 4.79 Å². The first kappa shape index (κ1) is 12.2. The molecule has 2 heterocycles. The van der Waals surface area contributed by atoms with Gasteiger partial charge in [0.1, 0.15) is 0 Å². The highest BCUT2D eigenvalue weighted by Gasteiger charge is 2.19. The highest BCUT2D eigenvalue weighted by molar-refractivity contribution is 6.37. The van der Waals surface area contributed by atoms with Crippen LogP contribution in [0.25, 0.3) is 21.8 Å². The van der Waals surface area contributed by atoms with Crippen molar-refractivity contribution in [2.24, 2.45) is 0 Å². The number of hydrogen-bond acceptors (Lipinski definition) is 1. The van der Waals surface area contributed by atoms with Gasteiger partial charge in [-0.15, -0.1) is 0 Å². The summed E-state index contributed by atoms with van der Waals surface area (Å²) in [6, 6.07) is 15.2. The Balaban J connectivity index is 2.08. The lowest BCUT2D eigenvalue weighted by atomic mass is 10.0. The molecule has 0 saturated carbocycles. The van der Waals surface area contributed by atoms with Gasteiger partial charge < -0.3 is 9.97 Å². The van der Waals surface area contributed by atoms with Gasteiger partial charge >= 0.3 is 0 Å². The van der Waals surface area contributed by atoms with E-state index in [1.54, 1.807) is 24.4 Å². The second kappa shape index (κ2) is 4.50. The Bertz CT molecular complexity index is 967. The summed E-state index contributed by atoms with van der Waals surface area (Å²) in [5, 5.41) is 2.54. The van der Waals surface area contributed by atoms with Gasteiger partial charge in [0.2, 0.25) is 5.78 Å². The van der Waals surface area contributed by atoms with Crippen LogP contribution in [0.4, 0.5) is 0 Å². The molecule has 0 aliphatic carbocycles. The van der Waals surface area contributed by atoms with Crippen LogP contribution in [0.2, 0.25) is 5.02 Å². The molecule has 3 nitrogen and oxygen atoms in total. The molecule has 0 unspecified atom stereocenters. The normalized spacial score (nSPS) is 11.3. The molecule has 0 atom stereocenters. The second-order valence-corrected chi connectivity index (χ2v) is 5.34. The Morgan fingerprint density at radius 2 is 1.81 bits per heavy atom. The van der Waals surface area contributed by atoms with E-state index in [2.05, 4.69) is 9.97 Å². The van der Waals surface area contributed by atoms with Crippen LogP contribution in [0.3, 0.4) is 0 Å². The van der Waals surface area contributed by atoms with Gasteiger partial charge in [0.25, 0.3) is 0 Å². The fraction of sp³-hybridized carbons (Fsp3) is 0. The van der Waals surface area contributed by atoms with Gasteiger partial charge in [0.15, 0.2) is 0 Å². The maximum Gasteiger partial charge on any atom is 0.212 e. The first-order chi connectivity index (χ1) is 10.3. The predicted molar refractivity (Wildman–Crippen MR) is 85.0 cm³/mol. The fourth-order valence-electron chi connectivity index (χ4n) is 2.72. The van der Waals surface area contributed by atoms with E-state index in [9.17, 15) is 4.79 Å². The van der Waals surface area contributed by atoms with Crippen LogP contribution < -0.4 is 0 Å². The van der Waals surface area contributed by atoms with Crippen molar-refractivity contribution >= 4 is 39.2 Å². The molecular weight excluding hydrogens is 284 g/mol. The largest absolute Gasteiger partial charge is 0.359 e. The fourth-order valence-corrected chi connectivity index (χ4v) is 2.96. The van der Waals surface area contributed by atoms with Crippen molar-refractivity contribution in [3.63, 3.8) is 0 Å². The third-order valence-corrected chi connectivity index (χ3v) is 4.02. The van der Waals surface area contributed by atoms with Crippen molar-refractivity contribution in [3.8, 4) is 0 Å². The maximum atomic E-state index is 12.7. The molecule has 4 aromatic rings. The SMILES string of the molecule is O=C(c1ccc[nH]1)c1c(Cl)ccc2c1[nH]c1ccccc12. The molecule has 4 heteroatoms. The van der Waals surface area contributed by atoms with E-state index in [1.807, 2.05) is 30.3 Å². The third kappa shape index (κ3) is 1.78.